The van der Waals surface area contributed by atoms with Crippen molar-refractivity contribution in [2.24, 2.45) is 12.8 Å². The molecule has 1 aliphatic carbocycles. The highest BCUT2D eigenvalue weighted by Gasteiger charge is 2.20. The summed E-state index contributed by atoms with van der Waals surface area (Å²) in [4.78, 5) is 0.599. The minimum atomic E-state index is -2.77. The van der Waals surface area contributed by atoms with Gasteiger partial charge in [0.05, 0.1) is 9.73 Å². The standard InChI is InChI=1S/C17H25N3OS/c1-20-16(13-5-3-2-4-6-13)11-14-7-8-15(12-17(14)20)22(19,21)10-9-18/h7-8,11-13,19H,2-6,9-10,18H2,1H3. The zero-order chi connectivity index (χ0) is 15.7. The predicted molar refractivity (Wildman–Crippen MR) is 91.8 cm³/mol. The monoisotopic (exact) mass is 319 g/mol. The van der Waals surface area contributed by atoms with Gasteiger partial charge in [-0.25, -0.2) is 8.99 Å². The quantitative estimate of drug-likeness (QED) is 0.904. The molecule has 1 aliphatic rings. The molecule has 1 heterocycles. The maximum absolute atomic E-state index is 12.4. The maximum Gasteiger partial charge on any atom is 0.0739 e. The number of aryl methyl sites for hydroxylation is 1. The van der Waals surface area contributed by atoms with Gasteiger partial charge in [0.25, 0.3) is 0 Å². The number of rotatable bonds is 4. The van der Waals surface area contributed by atoms with Crippen LogP contribution in [0, 0.1) is 4.78 Å². The summed E-state index contributed by atoms with van der Waals surface area (Å²) in [5, 5.41) is 1.18. The number of benzene rings is 1. The van der Waals surface area contributed by atoms with E-state index in [9.17, 15) is 4.21 Å². The average molecular weight is 319 g/mol. The molecule has 3 rings (SSSR count). The third-order valence-corrected chi connectivity index (χ3v) is 6.69. The van der Waals surface area contributed by atoms with Gasteiger partial charge < -0.3 is 10.3 Å². The molecule has 0 radical (unpaired) electrons. The zero-order valence-corrected chi connectivity index (χ0v) is 14.0. The van der Waals surface area contributed by atoms with Crippen LogP contribution in [-0.2, 0) is 16.8 Å². The number of aromatic nitrogens is 1. The fraction of sp³-hybridized carbons (Fsp3) is 0.529. The summed E-state index contributed by atoms with van der Waals surface area (Å²) in [5.74, 6) is 0.859. The van der Waals surface area contributed by atoms with Crippen LogP contribution in [0.15, 0.2) is 29.2 Å². The Labute approximate surface area is 132 Å². The molecule has 3 N–H and O–H groups in total. The first-order valence-corrected chi connectivity index (χ1v) is 9.81. The van der Waals surface area contributed by atoms with Gasteiger partial charge in [0.15, 0.2) is 0 Å². The Morgan fingerprint density at radius 3 is 2.68 bits per heavy atom. The van der Waals surface area contributed by atoms with Crippen molar-refractivity contribution in [2.75, 3.05) is 12.3 Å². The minimum Gasteiger partial charge on any atom is -0.347 e. The maximum atomic E-state index is 12.4. The molecule has 1 saturated carbocycles. The van der Waals surface area contributed by atoms with Crippen molar-refractivity contribution >= 4 is 20.6 Å². The summed E-state index contributed by atoms with van der Waals surface area (Å²) in [7, 11) is -0.684. The normalized spacial score (nSPS) is 19.4. The summed E-state index contributed by atoms with van der Waals surface area (Å²) in [6.07, 6.45) is 6.51. The molecule has 5 heteroatoms. The average Bonchev–Trinajstić information content (AvgIpc) is 2.85. The second-order valence-electron chi connectivity index (χ2n) is 6.35. The second-order valence-corrected chi connectivity index (χ2v) is 8.58. The highest BCUT2D eigenvalue weighted by molar-refractivity contribution is 7.92. The van der Waals surface area contributed by atoms with Crippen molar-refractivity contribution in [3.8, 4) is 0 Å². The van der Waals surface area contributed by atoms with Gasteiger partial charge in [-0.3, -0.25) is 0 Å². The lowest BCUT2D eigenvalue weighted by atomic mass is 9.87. The van der Waals surface area contributed by atoms with Crippen molar-refractivity contribution in [3.05, 3.63) is 30.0 Å². The molecule has 120 valence electrons. The molecule has 0 spiro atoms. The summed E-state index contributed by atoms with van der Waals surface area (Å²) in [6.45, 7) is 0.279. The third kappa shape index (κ3) is 2.79. The first-order valence-electron chi connectivity index (χ1n) is 8.09. The van der Waals surface area contributed by atoms with Crippen LogP contribution < -0.4 is 5.73 Å². The Balaban J connectivity index is 2.04. The van der Waals surface area contributed by atoms with Crippen LogP contribution in [-0.4, -0.2) is 21.1 Å². The molecule has 2 aromatic rings. The van der Waals surface area contributed by atoms with E-state index in [4.69, 9.17) is 10.5 Å². The summed E-state index contributed by atoms with van der Waals surface area (Å²) in [6, 6.07) is 8.02. The number of hydrogen-bond donors (Lipinski definition) is 2. The van der Waals surface area contributed by atoms with E-state index in [2.05, 4.69) is 17.7 Å². The topological polar surface area (TPSA) is 71.9 Å². The van der Waals surface area contributed by atoms with Crippen LogP contribution in [0.1, 0.15) is 43.7 Å². The predicted octanol–water partition coefficient (Wildman–Crippen LogP) is 3.59. The second kappa shape index (κ2) is 6.05. The summed E-state index contributed by atoms with van der Waals surface area (Å²) < 4.78 is 22.7. The van der Waals surface area contributed by atoms with Gasteiger partial charge >= 0.3 is 0 Å². The molecule has 1 fully saturated rings. The van der Waals surface area contributed by atoms with Crippen molar-refractivity contribution in [1.82, 2.24) is 4.57 Å². The Morgan fingerprint density at radius 2 is 2.00 bits per heavy atom. The van der Waals surface area contributed by atoms with Crippen molar-refractivity contribution < 1.29 is 4.21 Å². The van der Waals surface area contributed by atoms with Crippen molar-refractivity contribution in [3.63, 3.8) is 0 Å². The molecular weight excluding hydrogens is 294 g/mol. The third-order valence-electron chi connectivity index (χ3n) is 4.86. The van der Waals surface area contributed by atoms with Gasteiger partial charge in [0.1, 0.15) is 0 Å². The number of nitrogens with one attached hydrogen (secondary N) is 1. The van der Waals surface area contributed by atoms with Gasteiger partial charge in [-0.2, -0.15) is 0 Å². The molecule has 0 saturated heterocycles. The van der Waals surface area contributed by atoms with Crippen LogP contribution in [0.5, 0.6) is 0 Å². The zero-order valence-electron chi connectivity index (χ0n) is 13.2. The molecule has 1 atom stereocenters. The lowest BCUT2D eigenvalue weighted by molar-refractivity contribution is 0.430. The smallest absolute Gasteiger partial charge is 0.0739 e. The fourth-order valence-electron chi connectivity index (χ4n) is 3.61. The van der Waals surface area contributed by atoms with E-state index in [0.29, 0.717) is 10.8 Å². The highest BCUT2D eigenvalue weighted by atomic mass is 32.2. The molecule has 1 aromatic heterocycles. The van der Waals surface area contributed by atoms with Crippen LogP contribution in [0.2, 0.25) is 0 Å². The Morgan fingerprint density at radius 1 is 1.27 bits per heavy atom. The first kappa shape index (κ1) is 15.6. The van der Waals surface area contributed by atoms with E-state index in [-0.39, 0.29) is 12.3 Å². The van der Waals surface area contributed by atoms with Crippen LogP contribution in [0.25, 0.3) is 10.9 Å². The SMILES string of the molecule is Cn1c(C2CCCCC2)cc2ccc(S(=N)(=O)CCN)cc21. The van der Waals surface area contributed by atoms with Crippen LogP contribution in [0.4, 0.5) is 0 Å². The van der Waals surface area contributed by atoms with E-state index in [1.54, 1.807) is 0 Å². The summed E-state index contributed by atoms with van der Waals surface area (Å²) in [5.41, 5.74) is 7.95. The van der Waals surface area contributed by atoms with E-state index < -0.39 is 9.73 Å². The molecular formula is C17H25N3OS. The van der Waals surface area contributed by atoms with Crippen LogP contribution >= 0.6 is 0 Å². The summed E-state index contributed by atoms with van der Waals surface area (Å²) >= 11 is 0. The molecule has 22 heavy (non-hydrogen) atoms. The number of hydrogen-bond acceptors (Lipinski definition) is 3. The Bertz CT molecular complexity index is 771. The van der Waals surface area contributed by atoms with E-state index >= 15 is 0 Å². The highest BCUT2D eigenvalue weighted by Crippen LogP contribution is 2.35. The van der Waals surface area contributed by atoms with E-state index in [1.807, 2.05) is 18.2 Å². The first-order chi connectivity index (χ1) is 10.5. The molecule has 0 aliphatic heterocycles. The van der Waals surface area contributed by atoms with Gasteiger partial charge in [-0.15, -0.1) is 0 Å². The van der Waals surface area contributed by atoms with Crippen molar-refractivity contribution in [2.45, 2.75) is 42.9 Å². The molecule has 4 nitrogen and oxygen atoms in total. The Kier molecular flexibility index (Phi) is 4.28. The molecule has 0 amide bonds. The molecule has 1 aromatic carbocycles. The largest absolute Gasteiger partial charge is 0.347 e. The lowest BCUT2D eigenvalue weighted by Crippen LogP contribution is -2.14. The Hall–Kier alpha value is -1.33. The number of fused-ring (bicyclic) bond motifs is 1. The van der Waals surface area contributed by atoms with E-state index in [1.165, 1.54) is 43.2 Å². The van der Waals surface area contributed by atoms with Gasteiger partial charge in [-0.05, 0) is 42.3 Å². The van der Waals surface area contributed by atoms with Gasteiger partial charge in [0, 0.05) is 35.5 Å². The molecule has 0 bridgehead atoms. The fourth-order valence-corrected chi connectivity index (χ4v) is 4.77. The molecule has 1 unspecified atom stereocenters. The van der Waals surface area contributed by atoms with Crippen LogP contribution in [0.3, 0.4) is 0 Å². The minimum absolute atomic E-state index is 0.221. The van der Waals surface area contributed by atoms with Gasteiger partial charge in [0.2, 0.25) is 0 Å². The van der Waals surface area contributed by atoms with E-state index in [0.717, 1.165) is 5.52 Å². The van der Waals surface area contributed by atoms with Crippen molar-refractivity contribution in [1.29, 1.82) is 4.78 Å². The van der Waals surface area contributed by atoms with Gasteiger partial charge in [-0.1, -0.05) is 25.3 Å². The number of nitrogens with two attached hydrogens (primary N) is 1. The number of nitrogens with zero attached hydrogens (tertiary/aromatic N) is 1. The lowest BCUT2D eigenvalue weighted by Gasteiger charge is -2.22.